The third kappa shape index (κ3) is 1.90. The molecule has 4 heteroatoms. The van der Waals surface area contributed by atoms with Crippen molar-refractivity contribution in [3.05, 3.63) is 57.9 Å². The molecule has 1 atom stereocenters. The minimum absolute atomic E-state index is 0.0640. The first kappa shape index (κ1) is 13.3. The third-order valence-corrected chi connectivity index (χ3v) is 4.62. The van der Waals surface area contributed by atoms with Gasteiger partial charge in [0, 0.05) is 23.6 Å². The largest absolute Gasteiger partial charge is 0.338 e. The maximum atomic E-state index is 12.6. The highest BCUT2D eigenvalue weighted by Crippen LogP contribution is 2.46. The summed E-state index contributed by atoms with van der Waals surface area (Å²) in [6.07, 6.45) is 2.42. The molecule has 0 saturated heterocycles. The van der Waals surface area contributed by atoms with E-state index in [0.717, 1.165) is 40.9 Å². The first-order valence-electron chi connectivity index (χ1n) is 7.71. The van der Waals surface area contributed by atoms with Crippen molar-refractivity contribution in [2.24, 2.45) is 0 Å². The van der Waals surface area contributed by atoms with Crippen LogP contribution in [0.4, 0.5) is 5.88 Å². The number of aromatic nitrogens is 1. The zero-order valence-electron chi connectivity index (χ0n) is 12.8. The fourth-order valence-electron chi connectivity index (χ4n) is 3.51. The first-order valence-corrected chi connectivity index (χ1v) is 7.71. The Balaban J connectivity index is 1.94. The van der Waals surface area contributed by atoms with E-state index in [0.29, 0.717) is 12.3 Å². The summed E-state index contributed by atoms with van der Waals surface area (Å²) >= 11 is 0. The van der Waals surface area contributed by atoms with Crippen LogP contribution in [-0.2, 0) is 4.79 Å². The summed E-state index contributed by atoms with van der Waals surface area (Å²) in [7, 11) is 0. The lowest BCUT2D eigenvalue weighted by Crippen LogP contribution is -2.26. The van der Waals surface area contributed by atoms with Gasteiger partial charge in [0.25, 0.3) is 0 Å². The number of ketones is 1. The topological polar surface area (TPSA) is 55.1 Å². The maximum Gasteiger partial charge on any atom is 0.233 e. The number of rotatable bonds is 1. The van der Waals surface area contributed by atoms with Crippen LogP contribution in [0, 0.1) is 13.8 Å². The van der Waals surface area contributed by atoms with E-state index in [9.17, 15) is 4.79 Å². The lowest BCUT2D eigenvalue weighted by Gasteiger charge is -2.31. The molecule has 0 bridgehead atoms. The Labute approximate surface area is 129 Å². The molecule has 4 rings (SSSR count). The SMILES string of the molecule is Cc1ccc(C2C3=C(CCCC3=O)Nc3onc(C)c32)cc1. The standard InChI is InChI=1S/C18H18N2O2/c1-10-6-8-12(9-7-10)16-15-11(2)20-22-18(15)19-13-4-3-5-14(21)17(13)16/h6-9,16,19H,3-5H2,1-2H3. The van der Waals surface area contributed by atoms with E-state index < -0.39 is 0 Å². The van der Waals surface area contributed by atoms with Gasteiger partial charge in [0.05, 0.1) is 11.3 Å². The Morgan fingerprint density at radius 2 is 1.95 bits per heavy atom. The monoisotopic (exact) mass is 294 g/mol. The predicted octanol–water partition coefficient (Wildman–Crippen LogP) is 3.86. The van der Waals surface area contributed by atoms with Crippen LogP contribution in [0.15, 0.2) is 40.1 Å². The molecular formula is C18H18N2O2. The lowest BCUT2D eigenvalue weighted by molar-refractivity contribution is -0.116. The summed E-state index contributed by atoms with van der Waals surface area (Å²) in [4.78, 5) is 12.6. The van der Waals surface area contributed by atoms with E-state index >= 15 is 0 Å². The number of carbonyl (C=O) groups excluding carboxylic acids is 1. The molecule has 0 amide bonds. The number of nitrogens with one attached hydrogen (secondary N) is 1. The van der Waals surface area contributed by atoms with E-state index in [4.69, 9.17) is 4.52 Å². The number of aryl methyl sites for hydroxylation is 2. The molecule has 1 N–H and O–H groups in total. The lowest BCUT2D eigenvalue weighted by atomic mass is 9.76. The molecule has 22 heavy (non-hydrogen) atoms. The normalized spacial score (nSPS) is 20.5. The highest BCUT2D eigenvalue weighted by atomic mass is 16.5. The molecule has 0 fully saturated rings. The molecular weight excluding hydrogens is 276 g/mol. The van der Waals surface area contributed by atoms with Crippen LogP contribution in [0.1, 0.15) is 47.6 Å². The van der Waals surface area contributed by atoms with Crippen LogP contribution >= 0.6 is 0 Å². The second-order valence-corrected chi connectivity index (χ2v) is 6.15. The van der Waals surface area contributed by atoms with Gasteiger partial charge in [-0.25, -0.2) is 0 Å². The van der Waals surface area contributed by atoms with Gasteiger partial charge in [-0.3, -0.25) is 4.79 Å². The Kier molecular flexibility index (Phi) is 2.93. The van der Waals surface area contributed by atoms with Gasteiger partial charge in [-0.05, 0) is 32.3 Å². The second kappa shape index (κ2) is 4.83. The summed E-state index contributed by atoms with van der Waals surface area (Å²) in [5.74, 6) is 0.869. The van der Waals surface area contributed by atoms with Gasteiger partial charge in [-0.2, -0.15) is 0 Å². The average molecular weight is 294 g/mol. The van der Waals surface area contributed by atoms with Gasteiger partial charge >= 0.3 is 0 Å². The number of Topliss-reactive ketones (excluding diaryl/α,β-unsaturated/α-hetero) is 1. The maximum absolute atomic E-state index is 12.6. The average Bonchev–Trinajstić information content (AvgIpc) is 2.88. The predicted molar refractivity (Wildman–Crippen MR) is 83.8 cm³/mol. The van der Waals surface area contributed by atoms with Gasteiger partial charge < -0.3 is 9.84 Å². The quantitative estimate of drug-likeness (QED) is 0.867. The van der Waals surface area contributed by atoms with Crippen molar-refractivity contribution in [1.82, 2.24) is 5.16 Å². The van der Waals surface area contributed by atoms with E-state index in [2.05, 4.69) is 41.7 Å². The molecule has 2 heterocycles. The van der Waals surface area contributed by atoms with Crippen molar-refractivity contribution < 1.29 is 9.32 Å². The molecule has 1 aromatic carbocycles. The fraction of sp³-hybridized carbons (Fsp3) is 0.333. The molecule has 4 nitrogen and oxygen atoms in total. The van der Waals surface area contributed by atoms with Crippen LogP contribution < -0.4 is 5.32 Å². The molecule has 1 aromatic heterocycles. The van der Waals surface area contributed by atoms with Crippen LogP contribution in [0.25, 0.3) is 0 Å². The summed E-state index contributed by atoms with van der Waals surface area (Å²) in [5, 5.41) is 7.39. The summed E-state index contributed by atoms with van der Waals surface area (Å²) in [5.41, 5.74) is 6.08. The second-order valence-electron chi connectivity index (χ2n) is 6.15. The molecule has 0 spiro atoms. The van der Waals surface area contributed by atoms with E-state index in [1.54, 1.807) is 0 Å². The van der Waals surface area contributed by atoms with Crippen molar-refractivity contribution in [2.75, 3.05) is 5.32 Å². The Hall–Kier alpha value is -2.36. The number of benzene rings is 1. The fourth-order valence-corrected chi connectivity index (χ4v) is 3.51. The number of nitrogens with zero attached hydrogens (tertiary/aromatic N) is 1. The van der Waals surface area contributed by atoms with Gasteiger partial charge in [-0.15, -0.1) is 0 Å². The zero-order valence-corrected chi connectivity index (χ0v) is 12.8. The van der Waals surface area contributed by atoms with E-state index in [-0.39, 0.29) is 11.7 Å². The van der Waals surface area contributed by atoms with Gasteiger partial charge in [-0.1, -0.05) is 35.0 Å². The molecule has 1 aliphatic carbocycles. The molecule has 2 aromatic rings. The third-order valence-electron chi connectivity index (χ3n) is 4.62. The van der Waals surface area contributed by atoms with Crippen molar-refractivity contribution in [2.45, 2.75) is 39.0 Å². The summed E-state index contributed by atoms with van der Waals surface area (Å²) in [6.45, 7) is 4.00. The van der Waals surface area contributed by atoms with E-state index in [1.807, 2.05) is 6.92 Å². The first-order chi connectivity index (χ1) is 10.6. The van der Waals surface area contributed by atoms with Gasteiger partial charge in [0.15, 0.2) is 5.78 Å². The zero-order chi connectivity index (χ0) is 15.3. The van der Waals surface area contributed by atoms with Crippen molar-refractivity contribution in [1.29, 1.82) is 0 Å². The Morgan fingerprint density at radius 1 is 1.18 bits per heavy atom. The molecule has 1 aliphatic heterocycles. The van der Waals surface area contributed by atoms with Crippen molar-refractivity contribution >= 4 is 11.7 Å². The smallest absolute Gasteiger partial charge is 0.233 e. The molecule has 2 aliphatic rings. The van der Waals surface area contributed by atoms with Crippen LogP contribution in [-0.4, -0.2) is 10.9 Å². The van der Waals surface area contributed by atoms with Gasteiger partial charge in [0.1, 0.15) is 0 Å². The van der Waals surface area contributed by atoms with Crippen molar-refractivity contribution in [3.8, 4) is 0 Å². The molecule has 0 saturated carbocycles. The minimum Gasteiger partial charge on any atom is -0.338 e. The Morgan fingerprint density at radius 3 is 2.73 bits per heavy atom. The highest BCUT2D eigenvalue weighted by molar-refractivity contribution is 6.00. The van der Waals surface area contributed by atoms with Gasteiger partial charge in [0.2, 0.25) is 5.88 Å². The molecule has 112 valence electrons. The highest BCUT2D eigenvalue weighted by Gasteiger charge is 2.38. The number of carbonyl (C=O) groups is 1. The van der Waals surface area contributed by atoms with Crippen LogP contribution in [0.3, 0.4) is 0 Å². The van der Waals surface area contributed by atoms with Crippen LogP contribution in [0.2, 0.25) is 0 Å². The minimum atomic E-state index is -0.0640. The number of hydrogen-bond donors (Lipinski definition) is 1. The summed E-state index contributed by atoms with van der Waals surface area (Å²) in [6, 6.07) is 8.39. The Bertz CT molecular complexity index is 784. The number of anilines is 1. The molecule has 1 unspecified atom stereocenters. The summed E-state index contributed by atoms with van der Waals surface area (Å²) < 4.78 is 5.44. The van der Waals surface area contributed by atoms with E-state index in [1.165, 1.54) is 5.56 Å². The number of fused-ring (bicyclic) bond motifs is 1. The van der Waals surface area contributed by atoms with Crippen LogP contribution in [0.5, 0.6) is 0 Å². The van der Waals surface area contributed by atoms with Crippen molar-refractivity contribution in [3.63, 3.8) is 0 Å². The molecule has 0 radical (unpaired) electrons. The number of allylic oxidation sites excluding steroid dienone is 2. The number of hydrogen-bond acceptors (Lipinski definition) is 4.